The lowest BCUT2D eigenvalue weighted by atomic mass is 9.97. The summed E-state index contributed by atoms with van der Waals surface area (Å²) < 4.78 is 3.98. The van der Waals surface area contributed by atoms with Crippen LogP contribution in [-0.4, -0.2) is 23.9 Å². The van der Waals surface area contributed by atoms with E-state index in [1.54, 1.807) is 7.05 Å². The van der Waals surface area contributed by atoms with E-state index >= 15 is 0 Å². The number of rotatable bonds is 3. The Hall–Kier alpha value is -1.30. The van der Waals surface area contributed by atoms with Crippen LogP contribution in [0.5, 0.6) is 0 Å². The normalized spacial score (nSPS) is 11.2. The summed E-state index contributed by atoms with van der Waals surface area (Å²) in [6.07, 6.45) is 0. The number of hydrogen-bond donors (Lipinski definition) is 3. The van der Waals surface area contributed by atoms with E-state index in [0.717, 1.165) is 11.5 Å². The molecule has 0 aromatic carbocycles. The zero-order chi connectivity index (χ0) is 12.3. The van der Waals surface area contributed by atoms with Crippen LogP contribution in [0.4, 0.5) is 10.8 Å². The number of amides is 1. The first-order valence-electron chi connectivity index (χ1n) is 5.06. The lowest BCUT2D eigenvalue weighted by Gasteiger charge is -2.19. The predicted octanol–water partition coefficient (Wildman–Crippen LogP) is 1.54. The molecule has 16 heavy (non-hydrogen) atoms. The van der Waals surface area contributed by atoms with Crippen molar-refractivity contribution in [3.05, 3.63) is 5.56 Å². The highest BCUT2D eigenvalue weighted by atomic mass is 32.1. The van der Waals surface area contributed by atoms with Gasteiger partial charge >= 0.3 is 0 Å². The third-order valence-electron chi connectivity index (χ3n) is 1.95. The smallest absolute Gasteiger partial charge is 0.257 e. The van der Waals surface area contributed by atoms with Crippen LogP contribution in [0.2, 0.25) is 0 Å². The second-order valence-electron chi connectivity index (χ2n) is 4.77. The molecule has 0 atom stereocenters. The van der Waals surface area contributed by atoms with E-state index in [0.29, 0.717) is 5.56 Å². The van der Waals surface area contributed by atoms with Gasteiger partial charge in [0.05, 0.1) is 0 Å². The summed E-state index contributed by atoms with van der Waals surface area (Å²) in [5, 5.41) is 6.49. The number of carbonyl (C=O) groups is 1. The molecule has 0 saturated carbocycles. The van der Waals surface area contributed by atoms with Crippen LogP contribution in [0.15, 0.2) is 0 Å². The van der Waals surface area contributed by atoms with Gasteiger partial charge < -0.3 is 16.4 Å². The summed E-state index contributed by atoms with van der Waals surface area (Å²) in [7, 11) is 1.58. The standard InChI is InChI=1S/C10H18N4OS/c1-10(2,3)5-13-9-6(8(15)12-4)7(11)14-16-9/h13H,5H2,1-4H3,(H2,11,14)(H,12,15). The van der Waals surface area contributed by atoms with Crippen molar-refractivity contribution in [1.82, 2.24) is 9.69 Å². The molecule has 1 rings (SSSR count). The minimum absolute atomic E-state index is 0.138. The Morgan fingerprint density at radius 1 is 1.50 bits per heavy atom. The maximum Gasteiger partial charge on any atom is 0.257 e. The fourth-order valence-electron chi connectivity index (χ4n) is 1.11. The molecule has 0 aliphatic carbocycles. The van der Waals surface area contributed by atoms with Crippen molar-refractivity contribution in [2.45, 2.75) is 20.8 Å². The minimum atomic E-state index is -0.206. The fourth-order valence-corrected chi connectivity index (χ4v) is 1.82. The van der Waals surface area contributed by atoms with Gasteiger partial charge in [-0.05, 0) is 16.9 Å². The first-order chi connectivity index (χ1) is 7.35. The summed E-state index contributed by atoms with van der Waals surface area (Å²) in [6.45, 7) is 7.11. The second kappa shape index (κ2) is 4.69. The number of aromatic nitrogens is 1. The average Bonchev–Trinajstić information content (AvgIpc) is 2.54. The van der Waals surface area contributed by atoms with E-state index in [-0.39, 0.29) is 17.1 Å². The Morgan fingerprint density at radius 3 is 2.62 bits per heavy atom. The molecule has 0 aliphatic heterocycles. The number of hydrogen-bond acceptors (Lipinski definition) is 5. The number of carbonyl (C=O) groups excluding carboxylic acids is 1. The molecular weight excluding hydrogens is 224 g/mol. The highest BCUT2D eigenvalue weighted by Gasteiger charge is 2.19. The molecular formula is C10H18N4OS. The topological polar surface area (TPSA) is 80.0 Å². The molecule has 0 radical (unpaired) electrons. The van der Waals surface area contributed by atoms with Gasteiger partial charge in [-0.3, -0.25) is 4.79 Å². The van der Waals surface area contributed by atoms with Gasteiger partial charge in [-0.1, -0.05) is 20.8 Å². The zero-order valence-corrected chi connectivity index (χ0v) is 10.9. The van der Waals surface area contributed by atoms with E-state index in [1.165, 1.54) is 11.5 Å². The summed E-state index contributed by atoms with van der Waals surface area (Å²) in [5.41, 5.74) is 6.23. The van der Waals surface area contributed by atoms with Gasteiger partial charge in [-0.15, -0.1) is 0 Å². The molecule has 0 aliphatic rings. The molecule has 1 heterocycles. The molecule has 1 aromatic rings. The molecule has 0 unspecified atom stereocenters. The fraction of sp³-hybridized carbons (Fsp3) is 0.600. The third-order valence-corrected chi connectivity index (χ3v) is 2.77. The molecule has 1 aromatic heterocycles. The van der Waals surface area contributed by atoms with Crippen LogP contribution in [0.1, 0.15) is 31.1 Å². The van der Waals surface area contributed by atoms with Gasteiger partial charge in [-0.2, -0.15) is 4.37 Å². The van der Waals surface area contributed by atoms with Gasteiger partial charge in [0, 0.05) is 13.6 Å². The molecule has 5 nitrogen and oxygen atoms in total. The third kappa shape index (κ3) is 3.10. The number of anilines is 2. The maximum absolute atomic E-state index is 11.6. The van der Waals surface area contributed by atoms with Crippen LogP contribution in [-0.2, 0) is 0 Å². The summed E-state index contributed by atoms with van der Waals surface area (Å²) in [6, 6.07) is 0. The van der Waals surface area contributed by atoms with Crippen LogP contribution in [0.3, 0.4) is 0 Å². The second-order valence-corrected chi connectivity index (χ2v) is 5.54. The lowest BCUT2D eigenvalue weighted by Crippen LogP contribution is -2.23. The van der Waals surface area contributed by atoms with Crippen molar-refractivity contribution in [3.63, 3.8) is 0 Å². The first-order valence-corrected chi connectivity index (χ1v) is 5.83. The predicted molar refractivity (Wildman–Crippen MR) is 67.9 cm³/mol. The summed E-state index contributed by atoms with van der Waals surface area (Å²) >= 11 is 1.21. The van der Waals surface area contributed by atoms with E-state index in [2.05, 4.69) is 35.8 Å². The summed E-state index contributed by atoms with van der Waals surface area (Å²) in [5.74, 6) is 0.0726. The Kier molecular flexibility index (Phi) is 3.74. The molecule has 4 N–H and O–H groups in total. The largest absolute Gasteiger partial charge is 0.382 e. The molecule has 0 fully saturated rings. The van der Waals surface area contributed by atoms with Crippen molar-refractivity contribution < 1.29 is 4.79 Å². The number of nitrogen functional groups attached to an aromatic ring is 1. The van der Waals surface area contributed by atoms with E-state index in [4.69, 9.17) is 5.73 Å². The number of nitrogens with one attached hydrogen (secondary N) is 2. The van der Waals surface area contributed by atoms with Gasteiger partial charge in [0.2, 0.25) is 0 Å². The van der Waals surface area contributed by atoms with Crippen LogP contribution < -0.4 is 16.4 Å². The SMILES string of the molecule is CNC(=O)c1c(N)nsc1NCC(C)(C)C. The van der Waals surface area contributed by atoms with Crippen LogP contribution in [0, 0.1) is 5.41 Å². The molecule has 90 valence electrons. The van der Waals surface area contributed by atoms with Crippen LogP contribution in [0.25, 0.3) is 0 Å². The van der Waals surface area contributed by atoms with Gasteiger partial charge in [-0.25, -0.2) is 0 Å². The van der Waals surface area contributed by atoms with Gasteiger partial charge in [0.25, 0.3) is 5.91 Å². The molecule has 6 heteroatoms. The van der Waals surface area contributed by atoms with Crippen molar-refractivity contribution in [3.8, 4) is 0 Å². The molecule has 0 bridgehead atoms. The van der Waals surface area contributed by atoms with Crippen molar-refractivity contribution >= 4 is 28.3 Å². The Labute approximate surface area is 99.6 Å². The minimum Gasteiger partial charge on any atom is -0.382 e. The average molecular weight is 242 g/mol. The molecule has 1 amide bonds. The zero-order valence-electron chi connectivity index (χ0n) is 10.0. The lowest BCUT2D eigenvalue weighted by molar-refractivity contribution is 0.0965. The van der Waals surface area contributed by atoms with E-state index in [1.807, 2.05) is 0 Å². The van der Waals surface area contributed by atoms with Crippen LogP contribution >= 0.6 is 11.5 Å². The number of nitrogens with zero attached hydrogens (tertiary/aromatic N) is 1. The molecule has 0 saturated heterocycles. The van der Waals surface area contributed by atoms with E-state index in [9.17, 15) is 4.79 Å². The highest BCUT2D eigenvalue weighted by molar-refractivity contribution is 7.11. The highest BCUT2D eigenvalue weighted by Crippen LogP contribution is 2.27. The monoisotopic (exact) mass is 242 g/mol. The molecule has 0 spiro atoms. The van der Waals surface area contributed by atoms with Crippen molar-refractivity contribution in [2.24, 2.45) is 5.41 Å². The summed E-state index contributed by atoms with van der Waals surface area (Å²) in [4.78, 5) is 11.6. The van der Waals surface area contributed by atoms with Crippen molar-refractivity contribution in [2.75, 3.05) is 24.6 Å². The van der Waals surface area contributed by atoms with Gasteiger partial charge in [0.1, 0.15) is 10.6 Å². The Balaban J connectivity index is 2.85. The quantitative estimate of drug-likeness (QED) is 0.751. The Morgan fingerprint density at radius 2 is 2.12 bits per heavy atom. The van der Waals surface area contributed by atoms with Crippen molar-refractivity contribution in [1.29, 1.82) is 0 Å². The van der Waals surface area contributed by atoms with Gasteiger partial charge in [0.15, 0.2) is 5.82 Å². The number of nitrogens with two attached hydrogens (primary N) is 1. The first kappa shape index (κ1) is 12.8. The maximum atomic E-state index is 11.6. The van der Waals surface area contributed by atoms with E-state index < -0.39 is 0 Å². The Bertz CT molecular complexity index is 381.